The van der Waals surface area contributed by atoms with Crippen molar-refractivity contribution >= 4 is 15.7 Å². The normalized spacial score (nSPS) is 11.0. The lowest BCUT2D eigenvalue weighted by Crippen LogP contribution is -2.24. The van der Waals surface area contributed by atoms with Crippen LogP contribution >= 0.6 is 0 Å². The number of benzene rings is 1. The lowest BCUT2D eigenvalue weighted by molar-refractivity contribution is 0.581. The summed E-state index contributed by atoms with van der Waals surface area (Å²) in [5.41, 5.74) is 5.06. The number of sulfonamides is 1. The molecule has 0 aliphatic heterocycles. The van der Waals surface area contributed by atoms with Crippen LogP contribution in [0.1, 0.15) is 6.42 Å². The van der Waals surface area contributed by atoms with Gasteiger partial charge in [-0.25, -0.2) is 17.5 Å². The quantitative estimate of drug-likeness (QED) is 0.464. The second-order valence-electron chi connectivity index (χ2n) is 3.04. The molecule has 0 saturated heterocycles. The molecule has 0 atom stereocenters. The maximum absolute atomic E-state index is 12.8. The zero-order valence-corrected chi connectivity index (χ0v) is 9.22. The minimum Gasteiger partial charge on any atom is -0.396 e. The maximum atomic E-state index is 12.8. The Morgan fingerprint density at radius 1 is 1.50 bits per heavy atom. The van der Waals surface area contributed by atoms with Crippen molar-refractivity contribution in [1.29, 1.82) is 0 Å². The van der Waals surface area contributed by atoms with E-state index in [-0.39, 0.29) is 23.5 Å². The number of anilines is 1. The number of nitrogens with two attached hydrogens (primary N) is 1. The van der Waals surface area contributed by atoms with Crippen molar-refractivity contribution < 1.29 is 12.8 Å². The molecular weight excluding hydrogens is 231 g/mol. The molecule has 3 N–H and O–H groups in total. The van der Waals surface area contributed by atoms with Gasteiger partial charge in [-0.3, -0.25) is 0 Å². The van der Waals surface area contributed by atoms with Crippen LogP contribution in [-0.2, 0) is 10.0 Å². The van der Waals surface area contributed by atoms with Gasteiger partial charge >= 0.3 is 0 Å². The Hall–Kier alpha value is -1.58. The summed E-state index contributed by atoms with van der Waals surface area (Å²) in [7, 11) is -3.66. The molecule has 0 aromatic heterocycles. The molecule has 0 heterocycles. The van der Waals surface area contributed by atoms with Crippen molar-refractivity contribution in [1.82, 2.24) is 4.72 Å². The summed E-state index contributed by atoms with van der Waals surface area (Å²) in [4.78, 5) is -0.0802. The van der Waals surface area contributed by atoms with Crippen molar-refractivity contribution in [3.8, 4) is 12.3 Å². The zero-order valence-electron chi connectivity index (χ0n) is 8.40. The van der Waals surface area contributed by atoms with Gasteiger partial charge in [0.25, 0.3) is 0 Å². The highest BCUT2D eigenvalue weighted by molar-refractivity contribution is 7.89. The summed E-state index contributed by atoms with van der Waals surface area (Å²) in [5.74, 6) is 1.65. The average Bonchev–Trinajstić information content (AvgIpc) is 2.22. The van der Waals surface area contributed by atoms with E-state index < -0.39 is 15.8 Å². The van der Waals surface area contributed by atoms with Crippen LogP contribution in [0.4, 0.5) is 10.1 Å². The van der Waals surface area contributed by atoms with Crippen LogP contribution in [0.5, 0.6) is 0 Å². The highest BCUT2D eigenvalue weighted by Crippen LogP contribution is 2.16. The molecule has 0 saturated carbocycles. The molecule has 0 unspecified atom stereocenters. The molecule has 0 aliphatic carbocycles. The van der Waals surface area contributed by atoms with Crippen molar-refractivity contribution in [3.63, 3.8) is 0 Å². The number of terminal acetylenes is 1. The molecule has 16 heavy (non-hydrogen) atoms. The van der Waals surface area contributed by atoms with Crippen LogP contribution in [0.15, 0.2) is 23.1 Å². The lowest BCUT2D eigenvalue weighted by atomic mass is 10.3. The van der Waals surface area contributed by atoms with E-state index in [0.29, 0.717) is 0 Å². The van der Waals surface area contributed by atoms with Gasteiger partial charge in [-0.15, -0.1) is 12.3 Å². The van der Waals surface area contributed by atoms with Gasteiger partial charge in [0.15, 0.2) is 0 Å². The monoisotopic (exact) mass is 242 g/mol. The van der Waals surface area contributed by atoms with Gasteiger partial charge in [-0.05, 0) is 18.2 Å². The first-order valence-electron chi connectivity index (χ1n) is 4.45. The largest absolute Gasteiger partial charge is 0.396 e. The molecule has 0 fully saturated rings. The molecule has 0 amide bonds. The highest BCUT2D eigenvalue weighted by atomic mass is 32.2. The molecule has 1 rings (SSSR count). The predicted octanol–water partition coefficient (Wildman–Crippen LogP) is 0.710. The molecule has 1 aromatic carbocycles. The van der Waals surface area contributed by atoms with E-state index in [1.165, 1.54) is 0 Å². The number of rotatable bonds is 4. The van der Waals surface area contributed by atoms with Crippen LogP contribution in [0.2, 0.25) is 0 Å². The van der Waals surface area contributed by atoms with E-state index in [2.05, 4.69) is 10.6 Å². The van der Waals surface area contributed by atoms with Gasteiger partial charge in [-0.1, -0.05) is 0 Å². The van der Waals surface area contributed by atoms with Gasteiger partial charge in [0.1, 0.15) is 5.82 Å². The van der Waals surface area contributed by atoms with Crippen LogP contribution in [-0.4, -0.2) is 15.0 Å². The molecule has 0 radical (unpaired) electrons. The Balaban J connectivity index is 2.91. The second-order valence-corrected chi connectivity index (χ2v) is 4.80. The Kier molecular flexibility index (Phi) is 3.88. The molecule has 0 aliphatic rings. The van der Waals surface area contributed by atoms with Gasteiger partial charge in [0, 0.05) is 13.0 Å². The third-order valence-corrected chi connectivity index (χ3v) is 3.30. The van der Waals surface area contributed by atoms with Crippen molar-refractivity contribution in [2.45, 2.75) is 11.3 Å². The fraction of sp³-hybridized carbons (Fsp3) is 0.200. The van der Waals surface area contributed by atoms with E-state index >= 15 is 0 Å². The number of hydrogen-bond acceptors (Lipinski definition) is 3. The summed E-state index contributed by atoms with van der Waals surface area (Å²) in [6, 6.07) is 3.21. The Labute approximate surface area is 93.7 Å². The van der Waals surface area contributed by atoms with Crippen molar-refractivity contribution in [3.05, 3.63) is 24.0 Å². The second kappa shape index (κ2) is 4.96. The third-order valence-electron chi connectivity index (χ3n) is 1.84. The maximum Gasteiger partial charge on any atom is 0.240 e. The number of halogens is 1. The molecule has 86 valence electrons. The Morgan fingerprint density at radius 2 is 2.19 bits per heavy atom. The van der Waals surface area contributed by atoms with Gasteiger partial charge in [0.05, 0.1) is 10.6 Å². The van der Waals surface area contributed by atoms with E-state index in [1.807, 2.05) is 0 Å². The number of nitrogen functional groups attached to an aromatic ring is 1. The highest BCUT2D eigenvalue weighted by Gasteiger charge is 2.14. The minimum absolute atomic E-state index is 0.0802. The van der Waals surface area contributed by atoms with Crippen LogP contribution in [0, 0.1) is 18.2 Å². The predicted molar refractivity (Wildman–Crippen MR) is 59.5 cm³/mol. The Morgan fingerprint density at radius 3 is 2.75 bits per heavy atom. The summed E-state index contributed by atoms with van der Waals surface area (Å²) in [5, 5.41) is 0. The van der Waals surface area contributed by atoms with E-state index in [0.717, 1.165) is 18.2 Å². The first-order chi connectivity index (χ1) is 7.47. The van der Waals surface area contributed by atoms with E-state index in [4.69, 9.17) is 12.2 Å². The first-order valence-corrected chi connectivity index (χ1v) is 5.94. The molecule has 0 spiro atoms. The van der Waals surface area contributed by atoms with Crippen LogP contribution in [0.3, 0.4) is 0 Å². The topological polar surface area (TPSA) is 72.2 Å². The Bertz CT molecular complexity index is 520. The zero-order chi connectivity index (χ0) is 12.2. The number of hydrogen-bond donors (Lipinski definition) is 2. The summed E-state index contributed by atoms with van der Waals surface area (Å²) in [6.07, 6.45) is 5.27. The van der Waals surface area contributed by atoms with Crippen molar-refractivity contribution in [2.24, 2.45) is 0 Å². The standard InChI is InChI=1S/C10H11FN2O2S/c1-2-3-6-13-16(14,15)8-4-5-9(11)10(12)7-8/h1,4-5,7,13H,3,6,12H2. The summed E-state index contributed by atoms with van der Waals surface area (Å²) < 4.78 is 38.3. The molecular formula is C10H11FN2O2S. The fourth-order valence-corrected chi connectivity index (χ4v) is 2.10. The van der Waals surface area contributed by atoms with Crippen LogP contribution < -0.4 is 10.5 Å². The van der Waals surface area contributed by atoms with E-state index in [9.17, 15) is 12.8 Å². The molecule has 0 bridgehead atoms. The molecule has 6 heteroatoms. The molecule has 4 nitrogen and oxygen atoms in total. The van der Waals surface area contributed by atoms with Crippen molar-refractivity contribution in [2.75, 3.05) is 12.3 Å². The lowest BCUT2D eigenvalue weighted by Gasteiger charge is -2.06. The third kappa shape index (κ3) is 2.95. The molecule has 1 aromatic rings. The fourth-order valence-electron chi connectivity index (χ4n) is 1.03. The first kappa shape index (κ1) is 12.5. The minimum atomic E-state index is -3.66. The van der Waals surface area contributed by atoms with Gasteiger partial charge < -0.3 is 5.73 Å². The smallest absolute Gasteiger partial charge is 0.240 e. The van der Waals surface area contributed by atoms with Gasteiger partial charge in [-0.2, -0.15) is 0 Å². The summed E-state index contributed by atoms with van der Waals surface area (Å²) >= 11 is 0. The van der Waals surface area contributed by atoms with E-state index in [1.54, 1.807) is 0 Å². The SMILES string of the molecule is C#CCCNS(=O)(=O)c1ccc(F)c(N)c1. The summed E-state index contributed by atoms with van der Waals surface area (Å²) in [6.45, 7) is 0.135. The van der Waals surface area contributed by atoms with Gasteiger partial charge in [0.2, 0.25) is 10.0 Å². The number of nitrogens with one attached hydrogen (secondary N) is 1. The average molecular weight is 242 g/mol. The van der Waals surface area contributed by atoms with Crippen LogP contribution in [0.25, 0.3) is 0 Å².